The van der Waals surface area contributed by atoms with E-state index in [1.165, 1.54) is 25.0 Å². The van der Waals surface area contributed by atoms with Crippen LogP contribution in [-0.2, 0) is 7.05 Å². The van der Waals surface area contributed by atoms with E-state index in [0.717, 1.165) is 0 Å². The van der Waals surface area contributed by atoms with Gasteiger partial charge in [-0.25, -0.2) is 4.98 Å². The summed E-state index contributed by atoms with van der Waals surface area (Å²) < 4.78 is 5.55. The van der Waals surface area contributed by atoms with Gasteiger partial charge in [0, 0.05) is 25.9 Å². The van der Waals surface area contributed by atoms with Crippen LogP contribution in [0.1, 0.15) is 16.2 Å². The van der Waals surface area contributed by atoms with Gasteiger partial charge in [0.25, 0.3) is 5.91 Å². The Morgan fingerprint density at radius 1 is 1.30 bits per heavy atom. The topological polar surface area (TPSA) is 120 Å². The van der Waals surface area contributed by atoms with Crippen molar-refractivity contribution in [2.45, 2.75) is 6.92 Å². The van der Waals surface area contributed by atoms with Crippen LogP contribution in [0, 0.1) is 6.92 Å². The summed E-state index contributed by atoms with van der Waals surface area (Å²) in [5.41, 5.74) is 2.47. The third-order valence-corrected chi connectivity index (χ3v) is 3.82. The molecule has 27 heavy (non-hydrogen) atoms. The molecule has 140 valence electrons. The maximum Gasteiger partial charge on any atom is 0.273 e. The standard InChI is InChI=1S/C16H17ClN8O2/c1-8-5-9(11-7-19-25(3)24-11)14(27-4)15(20-8)21-10-6-12(17)22-23-13(10)16(26)18-2/h5-7H,1-4H3,(H,18,26)(H,20,21,22). The zero-order valence-electron chi connectivity index (χ0n) is 15.1. The van der Waals surface area contributed by atoms with Crippen LogP contribution in [0.15, 0.2) is 18.3 Å². The van der Waals surface area contributed by atoms with Crippen molar-refractivity contribution in [3.63, 3.8) is 0 Å². The second kappa shape index (κ2) is 7.54. The van der Waals surface area contributed by atoms with Crippen molar-refractivity contribution in [3.8, 4) is 17.0 Å². The van der Waals surface area contributed by atoms with Crippen LogP contribution >= 0.6 is 11.6 Å². The zero-order chi connectivity index (χ0) is 19.6. The summed E-state index contributed by atoms with van der Waals surface area (Å²) in [6.07, 6.45) is 1.63. The fraction of sp³-hybridized carbons (Fsp3) is 0.250. The largest absolute Gasteiger partial charge is 0.492 e. The molecule has 11 heteroatoms. The van der Waals surface area contributed by atoms with Gasteiger partial charge in [-0.2, -0.15) is 15.0 Å². The lowest BCUT2D eigenvalue weighted by atomic mass is 10.1. The number of aryl methyl sites for hydroxylation is 2. The number of ether oxygens (including phenoxy) is 1. The van der Waals surface area contributed by atoms with Gasteiger partial charge in [0.2, 0.25) is 0 Å². The van der Waals surface area contributed by atoms with Gasteiger partial charge in [0.1, 0.15) is 5.69 Å². The van der Waals surface area contributed by atoms with Gasteiger partial charge in [-0.1, -0.05) is 11.6 Å². The van der Waals surface area contributed by atoms with Crippen LogP contribution in [0.2, 0.25) is 5.15 Å². The number of aromatic nitrogens is 6. The van der Waals surface area contributed by atoms with Crippen molar-refractivity contribution < 1.29 is 9.53 Å². The van der Waals surface area contributed by atoms with Crippen molar-refractivity contribution >= 4 is 29.0 Å². The van der Waals surface area contributed by atoms with E-state index in [4.69, 9.17) is 16.3 Å². The lowest BCUT2D eigenvalue weighted by Gasteiger charge is -2.15. The smallest absolute Gasteiger partial charge is 0.273 e. The third-order valence-electron chi connectivity index (χ3n) is 3.64. The maximum absolute atomic E-state index is 12.1. The van der Waals surface area contributed by atoms with Crippen LogP contribution in [0.25, 0.3) is 11.3 Å². The first-order valence-corrected chi connectivity index (χ1v) is 8.25. The Morgan fingerprint density at radius 2 is 2.07 bits per heavy atom. The molecule has 0 radical (unpaired) electrons. The van der Waals surface area contributed by atoms with Crippen LogP contribution in [0.3, 0.4) is 0 Å². The molecule has 0 unspecified atom stereocenters. The number of amides is 1. The Bertz CT molecular complexity index is 1000. The second-order valence-electron chi connectivity index (χ2n) is 5.55. The number of anilines is 2. The summed E-state index contributed by atoms with van der Waals surface area (Å²) in [6.45, 7) is 1.84. The Labute approximate surface area is 159 Å². The minimum absolute atomic E-state index is 0.0771. The summed E-state index contributed by atoms with van der Waals surface area (Å²) in [5, 5.41) is 21.7. The summed E-state index contributed by atoms with van der Waals surface area (Å²) >= 11 is 5.95. The van der Waals surface area contributed by atoms with Crippen LogP contribution in [0.5, 0.6) is 5.75 Å². The van der Waals surface area contributed by atoms with Gasteiger partial charge in [0.15, 0.2) is 22.4 Å². The number of methoxy groups -OCH3 is 1. The van der Waals surface area contributed by atoms with E-state index in [1.54, 1.807) is 13.2 Å². The van der Waals surface area contributed by atoms with Gasteiger partial charge in [0.05, 0.1) is 24.6 Å². The van der Waals surface area contributed by atoms with Gasteiger partial charge >= 0.3 is 0 Å². The highest BCUT2D eigenvalue weighted by Crippen LogP contribution is 2.36. The highest BCUT2D eigenvalue weighted by Gasteiger charge is 2.20. The Kier molecular flexibility index (Phi) is 5.17. The highest BCUT2D eigenvalue weighted by atomic mass is 35.5. The summed E-state index contributed by atoms with van der Waals surface area (Å²) in [6, 6.07) is 3.33. The lowest BCUT2D eigenvalue weighted by molar-refractivity contribution is 0.0958. The number of nitrogens with zero attached hydrogens (tertiary/aromatic N) is 6. The monoisotopic (exact) mass is 388 g/mol. The zero-order valence-corrected chi connectivity index (χ0v) is 15.9. The number of nitrogens with one attached hydrogen (secondary N) is 2. The van der Waals surface area contributed by atoms with Gasteiger partial charge in [-0.05, 0) is 13.0 Å². The number of hydrogen-bond acceptors (Lipinski definition) is 8. The molecule has 0 atom stereocenters. The molecular formula is C16H17ClN8O2. The third kappa shape index (κ3) is 3.80. The molecule has 0 fully saturated rings. The van der Waals surface area contributed by atoms with E-state index < -0.39 is 5.91 Å². The molecule has 10 nitrogen and oxygen atoms in total. The average Bonchev–Trinajstić information content (AvgIpc) is 3.07. The molecule has 0 aliphatic heterocycles. The second-order valence-corrected chi connectivity index (χ2v) is 5.93. The molecule has 3 heterocycles. The van der Waals surface area contributed by atoms with Gasteiger partial charge in [-0.3, -0.25) is 4.79 Å². The van der Waals surface area contributed by atoms with Crippen molar-refractivity contribution in [2.75, 3.05) is 19.5 Å². The quantitative estimate of drug-likeness (QED) is 0.678. The van der Waals surface area contributed by atoms with Crippen molar-refractivity contribution in [2.24, 2.45) is 7.05 Å². The van der Waals surface area contributed by atoms with Gasteiger partial charge in [-0.15, -0.1) is 10.2 Å². The normalized spacial score (nSPS) is 10.6. The summed E-state index contributed by atoms with van der Waals surface area (Å²) in [7, 11) is 4.75. The molecule has 3 aromatic heterocycles. The van der Waals surface area contributed by atoms with Crippen molar-refractivity contribution in [3.05, 3.63) is 34.9 Å². The molecule has 0 bridgehead atoms. The number of rotatable bonds is 5. The Hall–Kier alpha value is -3.27. The molecular weight excluding hydrogens is 372 g/mol. The van der Waals surface area contributed by atoms with E-state index in [0.29, 0.717) is 34.2 Å². The summed E-state index contributed by atoms with van der Waals surface area (Å²) in [5.74, 6) is 0.409. The maximum atomic E-state index is 12.1. The van der Waals surface area contributed by atoms with Crippen molar-refractivity contribution in [1.82, 2.24) is 35.5 Å². The fourth-order valence-electron chi connectivity index (χ4n) is 2.49. The number of pyridine rings is 1. The number of halogens is 1. The minimum Gasteiger partial charge on any atom is -0.492 e. The average molecular weight is 389 g/mol. The van der Waals surface area contributed by atoms with E-state index >= 15 is 0 Å². The van der Waals surface area contributed by atoms with Gasteiger partial charge < -0.3 is 15.4 Å². The molecule has 2 N–H and O–H groups in total. The molecule has 0 saturated carbocycles. The fourth-order valence-corrected chi connectivity index (χ4v) is 2.64. The number of hydrogen-bond donors (Lipinski definition) is 2. The van der Waals surface area contributed by atoms with Crippen LogP contribution < -0.4 is 15.4 Å². The highest BCUT2D eigenvalue weighted by molar-refractivity contribution is 6.29. The van der Waals surface area contributed by atoms with E-state index in [2.05, 4.69) is 36.0 Å². The predicted octanol–water partition coefficient (Wildman–Crippen LogP) is 1.74. The predicted molar refractivity (Wildman–Crippen MR) is 99.2 cm³/mol. The molecule has 0 spiro atoms. The van der Waals surface area contributed by atoms with Crippen LogP contribution in [0.4, 0.5) is 11.5 Å². The van der Waals surface area contributed by atoms with Crippen molar-refractivity contribution in [1.29, 1.82) is 0 Å². The lowest BCUT2D eigenvalue weighted by Crippen LogP contribution is -2.21. The SMILES string of the molecule is CNC(=O)c1nnc(Cl)cc1Nc1nc(C)cc(-c2cnn(C)n2)c1OC. The first kappa shape index (κ1) is 18.5. The first-order chi connectivity index (χ1) is 12.9. The van der Waals surface area contributed by atoms with E-state index in [-0.39, 0.29) is 10.8 Å². The molecule has 3 aromatic rings. The minimum atomic E-state index is -0.414. The Balaban J connectivity index is 2.12. The van der Waals surface area contributed by atoms with E-state index in [1.807, 2.05) is 13.0 Å². The molecule has 0 saturated heterocycles. The molecule has 0 aliphatic carbocycles. The number of carbonyl (C=O) groups is 1. The molecule has 0 aliphatic rings. The van der Waals surface area contributed by atoms with E-state index in [9.17, 15) is 4.79 Å². The van der Waals surface area contributed by atoms with Crippen LogP contribution in [-0.4, -0.2) is 50.2 Å². The Morgan fingerprint density at radius 3 is 2.70 bits per heavy atom. The first-order valence-electron chi connectivity index (χ1n) is 7.87. The number of carbonyl (C=O) groups excluding carboxylic acids is 1. The molecule has 0 aromatic carbocycles. The summed E-state index contributed by atoms with van der Waals surface area (Å²) in [4.78, 5) is 18.0. The molecule has 3 rings (SSSR count). The molecule has 1 amide bonds.